The number of nitriles is 1. The van der Waals surface area contributed by atoms with Crippen LogP contribution in [0.15, 0.2) is 17.5 Å². The molecule has 3 aromatic rings. The summed E-state index contributed by atoms with van der Waals surface area (Å²) in [6.07, 6.45) is 0. The Bertz CT molecular complexity index is 782. The minimum Gasteiger partial charge on any atom is -0.491 e. The van der Waals surface area contributed by atoms with Crippen LogP contribution in [-0.4, -0.2) is 11.6 Å². The van der Waals surface area contributed by atoms with E-state index in [0.717, 1.165) is 26.4 Å². The highest BCUT2D eigenvalue weighted by molar-refractivity contribution is 7.21. The molecule has 0 radical (unpaired) electrons. The molecular formula is C14H12N2OS2. The molecule has 0 amide bonds. The number of rotatable bonds is 3. The highest BCUT2D eigenvalue weighted by atomic mass is 32.1. The van der Waals surface area contributed by atoms with Crippen molar-refractivity contribution >= 4 is 43.0 Å². The predicted molar refractivity (Wildman–Crippen MR) is 80.0 cm³/mol. The van der Waals surface area contributed by atoms with Crippen molar-refractivity contribution in [3.8, 4) is 11.8 Å². The lowest BCUT2D eigenvalue weighted by molar-refractivity contribution is 0.292. The fourth-order valence-corrected chi connectivity index (χ4v) is 3.79. The number of ether oxygens (including phenoxy) is 1. The number of nitrogens with zero attached hydrogens (tertiary/aromatic N) is 2. The Labute approximate surface area is 119 Å². The van der Waals surface area contributed by atoms with Crippen LogP contribution < -0.4 is 4.74 Å². The van der Waals surface area contributed by atoms with Gasteiger partial charge in [-0.2, -0.15) is 5.26 Å². The van der Waals surface area contributed by atoms with E-state index >= 15 is 0 Å². The van der Waals surface area contributed by atoms with Crippen molar-refractivity contribution in [1.29, 1.82) is 5.26 Å². The molecule has 2 heterocycles. The summed E-state index contributed by atoms with van der Waals surface area (Å²) in [6, 6.07) is 6.28. The maximum atomic E-state index is 8.83. The first-order valence-corrected chi connectivity index (χ1v) is 7.68. The molecule has 0 bridgehead atoms. The molecule has 1 unspecified atom stereocenters. The Morgan fingerprint density at radius 2 is 2.37 bits per heavy atom. The first-order valence-electron chi connectivity index (χ1n) is 5.99. The van der Waals surface area contributed by atoms with Crippen LogP contribution in [0.5, 0.6) is 5.75 Å². The predicted octanol–water partition coefficient (Wildman–Crippen LogP) is 4.36. The highest BCUT2D eigenvalue weighted by Gasteiger charge is 2.13. The van der Waals surface area contributed by atoms with Crippen LogP contribution in [-0.2, 0) is 0 Å². The summed E-state index contributed by atoms with van der Waals surface area (Å²) in [7, 11) is 0. The lowest BCUT2D eigenvalue weighted by atomic mass is 10.2. The van der Waals surface area contributed by atoms with Crippen molar-refractivity contribution < 1.29 is 4.74 Å². The molecule has 3 nitrogen and oxygen atoms in total. The molecule has 0 spiro atoms. The van der Waals surface area contributed by atoms with Crippen LogP contribution in [0.25, 0.3) is 20.3 Å². The van der Waals surface area contributed by atoms with Gasteiger partial charge in [0, 0.05) is 11.5 Å². The number of hydrogen-bond donors (Lipinski definition) is 0. The molecule has 5 heteroatoms. The first kappa shape index (κ1) is 12.4. The molecule has 1 atom stereocenters. The van der Waals surface area contributed by atoms with Crippen LogP contribution in [0.1, 0.15) is 11.9 Å². The standard InChI is InChI=1S/C14H12N2OS2/c1-8(6-15)7-17-11-5-12-13(16-9(2)19-12)14-10(11)3-4-18-14/h3-5,8H,7H2,1-2H3. The third kappa shape index (κ3) is 2.18. The van der Waals surface area contributed by atoms with E-state index in [9.17, 15) is 0 Å². The average molecular weight is 288 g/mol. The van der Waals surface area contributed by atoms with E-state index in [2.05, 4.69) is 22.5 Å². The lowest BCUT2D eigenvalue weighted by Crippen LogP contribution is -2.06. The van der Waals surface area contributed by atoms with Crippen LogP contribution in [0.4, 0.5) is 0 Å². The molecule has 19 heavy (non-hydrogen) atoms. The van der Waals surface area contributed by atoms with E-state index in [1.54, 1.807) is 22.7 Å². The normalized spacial score (nSPS) is 12.7. The summed E-state index contributed by atoms with van der Waals surface area (Å²) >= 11 is 3.36. The smallest absolute Gasteiger partial charge is 0.129 e. The average Bonchev–Trinajstić information content (AvgIpc) is 3.00. The van der Waals surface area contributed by atoms with Crippen molar-refractivity contribution in [3.63, 3.8) is 0 Å². The molecule has 96 valence electrons. The molecule has 0 aliphatic heterocycles. The molecule has 0 saturated heterocycles. The van der Waals surface area contributed by atoms with Crippen LogP contribution >= 0.6 is 22.7 Å². The van der Waals surface area contributed by atoms with E-state index in [0.29, 0.717) is 6.61 Å². The summed E-state index contributed by atoms with van der Waals surface area (Å²) in [5, 5.41) is 13.0. The number of aryl methyl sites for hydroxylation is 1. The highest BCUT2D eigenvalue weighted by Crippen LogP contribution is 2.38. The van der Waals surface area contributed by atoms with Gasteiger partial charge in [-0.15, -0.1) is 22.7 Å². The number of benzene rings is 1. The molecule has 0 fully saturated rings. The molecule has 0 N–H and O–H groups in total. The SMILES string of the molecule is Cc1nc2c(cc(OCC(C)C#N)c3ccsc32)s1. The van der Waals surface area contributed by atoms with Gasteiger partial charge in [0.2, 0.25) is 0 Å². The second kappa shape index (κ2) is 4.80. The fourth-order valence-electron chi connectivity index (χ4n) is 1.96. The van der Waals surface area contributed by atoms with E-state index in [1.165, 1.54) is 4.70 Å². The maximum absolute atomic E-state index is 8.83. The summed E-state index contributed by atoms with van der Waals surface area (Å²) < 4.78 is 8.12. The third-order valence-corrected chi connectivity index (χ3v) is 4.72. The summed E-state index contributed by atoms with van der Waals surface area (Å²) in [4.78, 5) is 4.59. The molecule has 1 aromatic carbocycles. The van der Waals surface area contributed by atoms with Gasteiger partial charge in [-0.25, -0.2) is 4.98 Å². The van der Waals surface area contributed by atoms with Gasteiger partial charge in [-0.1, -0.05) is 0 Å². The van der Waals surface area contributed by atoms with Crippen LogP contribution in [0.2, 0.25) is 0 Å². The van der Waals surface area contributed by atoms with Gasteiger partial charge < -0.3 is 4.74 Å². The molecule has 2 aromatic heterocycles. The van der Waals surface area contributed by atoms with Crippen molar-refractivity contribution in [2.24, 2.45) is 5.92 Å². The van der Waals surface area contributed by atoms with Crippen molar-refractivity contribution in [2.75, 3.05) is 6.61 Å². The monoisotopic (exact) mass is 288 g/mol. The zero-order valence-corrected chi connectivity index (χ0v) is 12.3. The molecule has 3 rings (SSSR count). The minimum absolute atomic E-state index is 0.104. The van der Waals surface area contributed by atoms with E-state index in [4.69, 9.17) is 10.00 Å². The number of thiophene rings is 1. The number of thiazole rings is 1. The first-order chi connectivity index (χ1) is 9.19. The van der Waals surface area contributed by atoms with Gasteiger partial charge in [0.15, 0.2) is 0 Å². The quantitative estimate of drug-likeness (QED) is 0.719. The summed E-state index contributed by atoms with van der Waals surface area (Å²) in [6.45, 7) is 4.30. The van der Waals surface area contributed by atoms with Crippen molar-refractivity contribution in [3.05, 3.63) is 22.5 Å². The van der Waals surface area contributed by atoms with Gasteiger partial charge in [0.05, 0.1) is 31.9 Å². The Morgan fingerprint density at radius 3 is 3.16 bits per heavy atom. The zero-order chi connectivity index (χ0) is 13.4. The van der Waals surface area contributed by atoms with Crippen LogP contribution in [0, 0.1) is 24.2 Å². The summed E-state index contributed by atoms with van der Waals surface area (Å²) in [5.41, 5.74) is 1.06. The molecular weight excluding hydrogens is 276 g/mol. The second-order valence-corrected chi connectivity index (χ2v) is 6.61. The van der Waals surface area contributed by atoms with E-state index < -0.39 is 0 Å². The van der Waals surface area contributed by atoms with Gasteiger partial charge in [-0.3, -0.25) is 0 Å². The van der Waals surface area contributed by atoms with Gasteiger partial charge in [0.25, 0.3) is 0 Å². The second-order valence-electron chi connectivity index (χ2n) is 4.46. The molecule has 0 aliphatic carbocycles. The van der Waals surface area contributed by atoms with Crippen LogP contribution in [0.3, 0.4) is 0 Å². The molecule has 0 aliphatic rings. The Hall–Kier alpha value is -1.64. The van der Waals surface area contributed by atoms with Crippen molar-refractivity contribution in [2.45, 2.75) is 13.8 Å². The van der Waals surface area contributed by atoms with Gasteiger partial charge >= 0.3 is 0 Å². The lowest BCUT2D eigenvalue weighted by Gasteiger charge is -2.08. The Balaban J connectivity index is 2.11. The van der Waals surface area contributed by atoms with E-state index in [-0.39, 0.29) is 5.92 Å². The van der Waals surface area contributed by atoms with Gasteiger partial charge in [0.1, 0.15) is 12.4 Å². The Kier molecular flexibility index (Phi) is 3.13. The molecule has 0 saturated carbocycles. The van der Waals surface area contributed by atoms with E-state index in [1.807, 2.05) is 19.9 Å². The zero-order valence-electron chi connectivity index (χ0n) is 10.6. The third-order valence-electron chi connectivity index (χ3n) is 2.88. The minimum atomic E-state index is -0.104. The Morgan fingerprint density at radius 1 is 1.53 bits per heavy atom. The maximum Gasteiger partial charge on any atom is 0.129 e. The topological polar surface area (TPSA) is 45.9 Å². The largest absolute Gasteiger partial charge is 0.491 e. The number of hydrogen-bond acceptors (Lipinski definition) is 5. The number of fused-ring (bicyclic) bond motifs is 3. The fraction of sp³-hybridized carbons (Fsp3) is 0.286. The number of aromatic nitrogens is 1. The summed E-state index contributed by atoms with van der Waals surface area (Å²) in [5.74, 6) is 0.752. The van der Waals surface area contributed by atoms with Gasteiger partial charge in [-0.05, 0) is 25.3 Å². The van der Waals surface area contributed by atoms with Crippen molar-refractivity contribution in [1.82, 2.24) is 4.98 Å².